The molecule has 0 saturated carbocycles. The van der Waals surface area contributed by atoms with E-state index in [1.165, 1.54) is 12.4 Å². The van der Waals surface area contributed by atoms with Gasteiger partial charge in [0.2, 0.25) is 5.95 Å². The Hall–Kier alpha value is -2.14. The third-order valence-corrected chi connectivity index (χ3v) is 3.70. The van der Waals surface area contributed by atoms with E-state index >= 15 is 0 Å². The smallest absolute Gasteiger partial charge is 0.258 e. The summed E-state index contributed by atoms with van der Waals surface area (Å²) in [4.78, 5) is 20.6. The van der Waals surface area contributed by atoms with E-state index in [4.69, 9.17) is 11.6 Å². The summed E-state index contributed by atoms with van der Waals surface area (Å²) >= 11 is 6.21. The van der Waals surface area contributed by atoms with Crippen LogP contribution in [0.2, 0.25) is 5.02 Å². The Labute approximate surface area is 141 Å². The number of hydrogen-bond acceptors (Lipinski definition) is 4. The van der Waals surface area contributed by atoms with Crippen LogP contribution in [0.25, 0.3) is 0 Å². The van der Waals surface area contributed by atoms with E-state index < -0.39 is 0 Å². The van der Waals surface area contributed by atoms with Gasteiger partial charge in [0.1, 0.15) is 0 Å². The van der Waals surface area contributed by atoms with Crippen LogP contribution in [-0.4, -0.2) is 22.4 Å². The van der Waals surface area contributed by atoms with Gasteiger partial charge in [-0.2, -0.15) is 0 Å². The van der Waals surface area contributed by atoms with Crippen LogP contribution in [-0.2, 0) is 0 Å². The van der Waals surface area contributed by atoms with Gasteiger partial charge in [0, 0.05) is 18.9 Å². The van der Waals surface area contributed by atoms with Crippen LogP contribution in [0.3, 0.4) is 0 Å². The quantitative estimate of drug-likeness (QED) is 0.777. The second-order valence-electron chi connectivity index (χ2n) is 5.47. The highest BCUT2D eigenvalue weighted by molar-refractivity contribution is 6.34. The minimum Gasteiger partial charge on any atom is -0.354 e. The Morgan fingerprint density at radius 1 is 1.22 bits per heavy atom. The standard InChI is InChI=1S/C17H21ClN4O/c1-4-5-6-19-17-20-9-13(10-21-17)16(23)22-15-12(3)7-11(2)8-14(15)18/h7-10H,4-6H2,1-3H3,(H,22,23)(H,19,20,21). The van der Waals surface area contributed by atoms with Crippen molar-refractivity contribution in [1.29, 1.82) is 0 Å². The minimum atomic E-state index is -0.279. The third-order valence-electron chi connectivity index (χ3n) is 3.40. The van der Waals surface area contributed by atoms with Gasteiger partial charge in [-0.25, -0.2) is 9.97 Å². The van der Waals surface area contributed by atoms with Gasteiger partial charge in [0.05, 0.1) is 16.3 Å². The molecule has 0 atom stereocenters. The number of amides is 1. The van der Waals surface area contributed by atoms with Crippen LogP contribution in [0.1, 0.15) is 41.3 Å². The zero-order valence-electron chi connectivity index (χ0n) is 13.6. The maximum atomic E-state index is 12.3. The number of rotatable bonds is 6. The van der Waals surface area contributed by atoms with Gasteiger partial charge in [-0.05, 0) is 37.5 Å². The fraction of sp³-hybridized carbons (Fsp3) is 0.353. The Bertz CT molecular complexity index is 662. The van der Waals surface area contributed by atoms with Gasteiger partial charge in [-0.1, -0.05) is 31.0 Å². The molecule has 2 aromatic rings. The molecule has 0 aliphatic carbocycles. The molecule has 1 amide bonds. The van der Waals surface area contributed by atoms with Gasteiger partial charge >= 0.3 is 0 Å². The van der Waals surface area contributed by atoms with Crippen molar-refractivity contribution in [3.63, 3.8) is 0 Å². The number of anilines is 2. The number of nitrogens with zero attached hydrogens (tertiary/aromatic N) is 2. The molecule has 0 unspecified atom stereocenters. The van der Waals surface area contributed by atoms with E-state index in [-0.39, 0.29) is 5.91 Å². The summed E-state index contributed by atoms with van der Waals surface area (Å²) in [6.45, 7) is 6.81. The number of aryl methyl sites for hydroxylation is 2. The zero-order chi connectivity index (χ0) is 16.8. The molecular weight excluding hydrogens is 312 g/mol. The summed E-state index contributed by atoms with van der Waals surface area (Å²) in [5, 5.41) is 6.46. The summed E-state index contributed by atoms with van der Waals surface area (Å²) in [5.74, 6) is 0.249. The van der Waals surface area contributed by atoms with Crippen molar-refractivity contribution in [1.82, 2.24) is 9.97 Å². The molecule has 0 radical (unpaired) electrons. The lowest BCUT2D eigenvalue weighted by atomic mass is 10.1. The number of aromatic nitrogens is 2. The van der Waals surface area contributed by atoms with Crippen LogP contribution >= 0.6 is 11.6 Å². The van der Waals surface area contributed by atoms with Gasteiger partial charge < -0.3 is 10.6 Å². The van der Waals surface area contributed by atoms with Crippen molar-refractivity contribution >= 4 is 29.1 Å². The molecule has 0 aliphatic heterocycles. The summed E-state index contributed by atoms with van der Waals surface area (Å²) in [6, 6.07) is 3.79. The van der Waals surface area contributed by atoms with Crippen LogP contribution in [0.15, 0.2) is 24.5 Å². The molecular formula is C17H21ClN4O. The van der Waals surface area contributed by atoms with E-state index in [1.807, 2.05) is 26.0 Å². The van der Waals surface area contributed by atoms with Crippen LogP contribution in [0.4, 0.5) is 11.6 Å². The lowest BCUT2D eigenvalue weighted by Gasteiger charge is -2.11. The number of halogens is 1. The molecule has 1 aromatic carbocycles. The second-order valence-corrected chi connectivity index (χ2v) is 5.88. The van der Waals surface area contributed by atoms with Crippen molar-refractivity contribution in [3.05, 3.63) is 46.2 Å². The molecule has 0 aliphatic rings. The number of benzene rings is 1. The van der Waals surface area contributed by atoms with Gasteiger partial charge in [-0.3, -0.25) is 4.79 Å². The average molecular weight is 333 g/mol. The number of carbonyl (C=O) groups is 1. The van der Waals surface area contributed by atoms with E-state index in [2.05, 4.69) is 27.5 Å². The first kappa shape index (κ1) is 17.2. The van der Waals surface area contributed by atoms with Crippen molar-refractivity contribution in [2.75, 3.05) is 17.2 Å². The molecule has 0 bridgehead atoms. The van der Waals surface area contributed by atoms with Crippen LogP contribution < -0.4 is 10.6 Å². The first-order valence-corrected chi connectivity index (χ1v) is 8.03. The third kappa shape index (κ3) is 4.66. The first-order valence-electron chi connectivity index (χ1n) is 7.65. The molecule has 2 rings (SSSR count). The number of nitrogens with one attached hydrogen (secondary N) is 2. The highest BCUT2D eigenvalue weighted by atomic mass is 35.5. The number of hydrogen-bond donors (Lipinski definition) is 2. The van der Waals surface area contributed by atoms with Crippen molar-refractivity contribution in [2.45, 2.75) is 33.6 Å². The highest BCUT2D eigenvalue weighted by Gasteiger charge is 2.12. The van der Waals surface area contributed by atoms with Crippen LogP contribution in [0, 0.1) is 13.8 Å². The Balaban J connectivity index is 2.06. The maximum Gasteiger partial charge on any atom is 0.258 e. The molecule has 1 heterocycles. The summed E-state index contributed by atoms with van der Waals surface area (Å²) < 4.78 is 0. The molecule has 2 N–H and O–H groups in total. The zero-order valence-corrected chi connectivity index (χ0v) is 14.4. The highest BCUT2D eigenvalue weighted by Crippen LogP contribution is 2.27. The second kappa shape index (κ2) is 7.92. The molecule has 0 saturated heterocycles. The SMILES string of the molecule is CCCCNc1ncc(C(=O)Nc2c(C)cc(C)cc2Cl)cn1. The number of unbranched alkanes of at least 4 members (excludes halogenated alkanes) is 1. The number of carbonyl (C=O) groups excluding carboxylic acids is 1. The Morgan fingerprint density at radius 2 is 1.91 bits per heavy atom. The van der Waals surface area contributed by atoms with E-state index in [1.54, 1.807) is 0 Å². The molecule has 1 aromatic heterocycles. The fourth-order valence-electron chi connectivity index (χ4n) is 2.17. The van der Waals surface area contributed by atoms with E-state index in [9.17, 15) is 4.79 Å². The van der Waals surface area contributed by atoms with E-state index in [0.29, 0.717) is 22.2 Å². The van der Waals surface area contributed by atoms with E-state index in [0.717, 1.165) is 30.5 Å². The molecule has 6 heteroatoms. The van der Waals surface area contributed by atoms with Crippen LogP contribution in [0.5, 0.6) is 0 Å². The summed E-state index contributed by atoms with van der Waals surface area (Å²) in [7, 11) is 0. The predicted molar refractivity (Wildman–Crippen MR) is 94.3 cm³/mol. The molecule has 0 spiro atoms. The van der Waals surface area contributed by atoms with Crippen molar-refractivity contribution < 1.29 is 4.79 Å². The molecule has 122 valence electrons. The largest absolute Gasteiger partial charge is 0.354 e. The monoisotopic (exact) mass is 332 g/mol. The Kier molecular flexibility index (Phi) is 5.93. The maximum absolute atomic E-state index is 12.3. The van der Waals surface area contributed by atoms with Crippen molar-refractivity contribution in [2.24, 2.45) is 0 Å². The molecule has 0 fully saturated rings. The topological polar surface area (TPSA) is 66.9 Å². The van der Waals surface area contributed by atoms with Gasteiger partial charge in [0.25, 0.3) is 5.91 Å². The average Bonchev–Trinajstić information content (AvgIpc) is 2.51. The fourth-order valence-corrected chi connectivity index (χ4v) is 2.54. The summed E-state index contributed by atoms with van der Waals surface area (Å²) in [5.41, 5.74) is 2.98. The normalized spacial score (nSPS) is 10.4. The molecule has 5 nitrogen and oxygen atoms in total. The molecule has 23 heavy (non-hydrogen) atoms. The van der Waals surface area contributed by atoms with Gasteiger partial charge in [0.15, 0.2) is 0 Å². The lowest BCUT2D eigenvalue weighted by molar-refractivity contribution is 0.102. The lowest BCUT2D eigenvalue weighted by Crippen LogP contribution is -2.15. The minimum absolute atomic E-state index is 0.279. The summed E-state index contributed by atoms with van der Waals surface area (Å²) in [6.07, 6.45) is 5.17. The predicted octanol–water partition coefficient (Wildman–Crippen LogP) is 4.21. The first-order chi connectivity index (χ1) is 11.0. The van der Waals surface area contributed by atoms with Crippen molar-refractivity contribution in [3.8, 4) is 0 Å². The van der Waals surface area contributed by atoms with Gasteiger partial charge in [-0.15, -0.1) is 0 Å². The Morgan fingerprint density at radius 3 is 2.52 bits per heavy atom.